The maximum absolute atomic E-state index is 6.31. The van der Waals surface area contributed by atoms with Gasteiger partial charge in [0.05, 0.1) is 35.4 Å². The van der Waals surface area contributed by atoms with Crippen LogP contribution in [0.1, 0.15) is 5.56 Å². The van der Waals surface area contributed by atoms with Crippen molar-refractivity contribution in [1.82, 2.24) is 4.98 Å². The second kappa shape index (κ2) is 9.85. The Kier molecular flexibility index (Phi) is 6.02. The summed E-state index contributed by atoms with van der Waals surface area (Å²) in [6.07, 6.45) is 0. The molecule has 0 bridgehead atoms. The topological polar surface area (TPSA) is 34.6 Å². The molecule has 6 aromatic rings. The summed E-state index contributed by atoms with van der Waals surface area (Å²) in [4.78, 5) is 7.62. The SMILES string of the molecule is COc1ccc(-c2cc(-c3ccc(Br)cc3)nc3c(N4c5ccccc5Oc5ccccc54)ccc(C)c23)cc1. The Morgan fingerprint density at radius 3 is 1.98 bits per heavy atom. The molecule has 0 saturated heterocycles. The molecule has 0 atom stereocenters. The monoisotopic (exact) mass is 584 g/mol. The minimum absolute atomic E-state index is 0.814. The number of hydrogen-bond acceptors (Lipinski definition) is 4. The van der Waals surface area contributed by atoms with Crippen LogP contribution in [0.3, 0.4) is 0 Å². The summed E-state index contributed by atoms with van der Waals surface area (Å²) in [6, 6.07) is 39.4. The van der Waals surface area contributed by atoms with Crippen LogP contribution in [0.25, 0.3) is 33.3 Å². The van der Waals surface area contributed by atoms with Crippen LogP contribution in [0.4, 0.5) is 17.1 Å². The number of nitrogens with zero attached hydrogens (tertiary/aromatic N) is 2. The highest BCUT2D eigenvalue weighted by Crippen LogP contribution is 2.52. The van der Waals surface area contributed by atoms with Gasteiger partial charge >= 0.3 is 0 Å². The third kappa shape index (κ3) is 4.10. The van der Waals surface area contributed by atoms with E-state index in [4.69, 9.17) is 14.5 Å². The average Bonchev–Trinajstić information content (AvgIpc) is 3.00. The molecule has 0 aliphatic carbocycles. The van der Waals surface area contributed by atoms with E-state index in [0.717, 1.165) is 77.6 Å². The highest BCUT2D eigenvalue weighted by atomic mass is 79.9. The lowest BCUT2D eigenvalue weighted by molar-refractivity contribution is 0.415. The third-order valence-corrected chi connectivity index (χ3v) is 7.89. The Balaban J connectivity index is 1.56. The first-order valence-corrected chi connectivity index (χ1v) is 13.9. The van der Waals surface area contributed by atoms with Gasteiger partial charge in [-0.25, -0.2) is 4.98 Å². The number of fused-ring (bicyclic) bond motifs is 3. The molecule has 0 radical (unpaired) electrons. The first-order valence-electron chi connectivity index (χ1n) is 13.1. The van der Waals surface area contributed by atoms with Gasteiger partial charge < -0.3 is 14.4 Å². The summed E-state index contributed by atoms with van der Waals surface area (Å²) in [5, 5.41) is 1.12. The largest absolute Gasteiger partial charge is 0.497 e. The van der Waals surface area contributed by atoms with E-state index in [0.29, 0.717) is 0 Å². The fraction of sp³-hybridized carbons (Fsp3) is 0.0571. The number of hydrogen-bond donors (Lipinski definition) is 0. The predicted molar refractivity (Wildman–Crippen MR) is 166 cm³/mol. The quantitative estimate of drug-likeness (QED) is 0.206. The maximum Gasteiger partial charge on any atom is 0.151 e. The molecule has 1 aliphatic rings. The van der Waals surface area contributed by atoms with Crippen molar-refractivity contribution in [3.8, 4) is 39.6 Å². The Morgan fingerprint density at radius 1 is 0.700 bits per heavy atom. The minimum atomic E-state index is 0.814. The lowest BCUT2D eigenvalue weighted by atomic mass is 9.94. The van der Waals surface area contributed by atoms with Crippen molar-refractivity contribution >= 4 is 43.9 Å². The summed E-state index contributed by atoms with van der Waals surface area (Å²) >= 11 is 3.58. The second-order valence-electron chi connectivity index (χ2n) is 9.79. The molecule has 0 amide bonds. The van der Waals surface area contributed by atoms with Gasteiger partial charge in [-0.1, -0.05) is 70.5 Å². The van der Waals surface area contributed by atoms with Gasteiger partial charge in [-0.3, -0.25) is 0 Å². The van der Waals surface area contributed by atoms with Crippen LogP contribution in [0.2, 0.25) is 0 Å². The number of rotatable bonds is 4. The first-order chi connectivity index (χ1) is 19.6. The van der Waals surface area contributed by atoms with E-state index < -0.39 is 0 Å². The van der Waals surface area contributed by atoms with Crippen LogP contribution in [-0.2, 0) is 0 Å². The van der Waals surface area contributed by atoms with Gasteiger partial charge in [0.25, 0.3) is 0 Å². The summed E-state index contributed by atoms with van der Waals surface area (Å²) in [5.41, 5.74) is 9.24. The first kappa shape index (κ1) is 24.4. The van der Waals surface area contributed by atoms with Crippen LogP contribution in [0.5, 0.6) is 17.2 Å². The van der Waals surface area contributed by atoms with Gasteiger partial charge in [-0.15, -0.1) is 0 Å². The van der Waals surface area contributed by atoms with Crippen molar-refractivity contribution in [3.63, 3.8) is 0 Å². The fourth-order valence-corrected chi connectivity index (χ4v) is 5.67. The second-order valence-corrected chi connectivity index (χ2v) is 10.7. The molecule has 0 spiro atoms. The number of para-hydroxylation sites is 4. The van der Waals surface area contributed by atoms with Gasteiger partial charge in [0.15, 0.2) is 11.5 Å². The molecular formula is C35H25BrN2O2. The van der Waals surface area contributed by atoms with Gasteiger partial charge in [0.2, 0.25) is 0 Å². The number of methoxy groups -OCH3 is 1. The van der Waals surface area contributed by atoms with Crippen LogP contribution in [-0.4, -0.2) is 12.1 Å². The Bertz CT molecular complexity index is 1840. The summed E-state index contributed by atoms with van der Waals surface area (Å²) in [7, 11) is 1.69. The summed E-state index contributed by atoms with van der Waals surface area (Å²) in [5.74, 6) is 2.46. The molecule has 1 aromatic heterocycles. The van der Waals surface area contributed by atoms with E-state index in [1.165, 1.54) is 0 Å². The van der Waals surface area contributed by atoms with E-state index in [2.05, 4.69) is 94.5 Å². The van der Waals surface area contributed by atoms with Crippen molar-refractivity contribution < 1.29 is 9.47 Å². The molecule has 0 saturated carbocycles. The average molecular weight is 586 g/mol. The number of benzene rings is 5. The molecular weight excluding hydrogens is 560 g/mol. The predicted octanol–water partition coefficient (Wildman–Crippen LogP) is 10.2. The standard InChI is InChI=1S/C35H25BrN2O2/c1-22-11-20-31(38-29-7-3-5-9-32(29)40-33-10-6-4-8-30(33)38)35-34(22)27(23-14-18-26(39-2)19-15-23)21-28(37-35)24-12-16-25(36)17-13-24/h3-21H,1-2H3. The smallest absolute Gasteiger partial charge is 0.151 e. The number of ether oxygens (including phenoxy) is 2. The van der Waals surface area contributed by atoms with E-state index in [1.807, 2.05) is 48.5 Å². The normalized spacial score (nSPS) is 12.0. The maximum atomic E-state index is 6.31. The number of halogens is 1. The molecule has 7 rings (SSSR count). The molecule has 0 fully saturated rings. The van der Waals surface area contributed by atoms with Crippen LogP contribution < -0.4 is 14.4 Å². The molecule has 2 heterocycles. The van der Waals surface area contributed by atoms with E-state index in [-0.39, 0.29) is 0 Å². The Morgan fingerprint density at radius 2 is 1.32 bits per heavy atom. The van der Waals surface area contributed by atoms with E-state index >= 15 is 0 Å². The molecule has 0 unspecified atom stereocenters. The zero-order chi connectivity index (χ0) is 27.2. The third-order valence-electron chi connectivity index (χ3n) is 7.36. The van der Waals surface area contributed by atoms with Gasteiger partial charge in [-0.2, -0.15) is 0 Å². The zero-order valence-electron chi connectivity index (χ0n) is 22.1. The van der Waals surface area contributed by atoms with Gasteiger partial charge in [0, 0.05) is 15.4 Å². The summed E-state index contributed by atoms with van der Waals surface area (Å²) in [6.45, 7) is 2.15. The number of aromatic nitrogens is 1. The molecule has 4 nitrogen and oxygen atoms in total. The molecule has 5 heteroatoms. The summed E-state index contributed by atoms with van der Waals surface area (Å²) < 4.78 is 12.8. The Hall–Kier alpha value is -4.61. The molecule has 5 aromatic carbocycles. The number of pyridine rings is 1. The van der Waals surface area contributed by atoms with Crippen molar-refractivity contribution in [3.05, 3.63) is 125 Å². The fourth-order valence-electron chi connectivity index (χ4n) is 5.41. The highest BCUT2D eigenvalue weighted by molar-refractivity contribution is 9.10. The Labute approximate surface area is 241 Å². The van der Waals surface area contributed by atoms with Gasteiger partial charge in [0.1, 0.15) is 5.75 Å². The van der Waals surface area contributed by atoms with Crippen molar-refractivity contribution in [2.75, 3.05) is 12.0 Å². The van der Waals surface area contributed by atoms with Crippen molar-refractivity contribution in [2.24, 2.45) is 0 Å². The van der Waals surface area contributed by atoms with Crippen molar-refractivity contribution in [1.29, 1.82) is 0 Å². The van der Waals surface area contributed by atoms with Crippen LogP contribution in [0, 0.1) is 6.92 Å². The van der Waals surface area contributed by atoms with Crippen LogP contribution in [0.15, 0.2) is 120 Å². The molecule has 0 N–H and O–H groups in total. The van der Waals surface area contributed by atoms with Crippen molar-refractivity contribution in [2.45, 2.75) is 6.92 Å². The lowest BCUT2D eigenvalue weighted by Gasteiger charge is -2.33. The minimum Gasteiger partial charge on any atom is -0.497 e. The van der Waals surface area contributed by atoms with Gasteiger partial charge in [-0.05, 0) is 84.3 Å². The van der Waals surface area contributed by atoms with Crippen LogP contribution >= 0.6 is 15.9 Å². The number of aryl methyl sites for hydroxylation is 1. The molecule has 1 aliphatic heterocycles. The lowest BCUT2D eigenvalue weighted by Crippen LogP contribution is -2.16. The van der Waals surface area contributed by atoms with E-state index in [9.17, 15) is 0 Å². The zero-order valence-corrected chi connectivity index (χ0v) is 23.6. The van der Waals surface area contributed by atoms with E-state index in [1.54, 1.807) is 7.11 Å². The number of anilines is 3. The molecule has 194 valence electrons. The molecule has 40 heavy (non-hydrogen) atoms. The highest BCUT2D eigenvalue weighted by Gasteiger charge is 2.28.